The molecule has 1 saturated heterocycles. The lowest BCUT2D eigenvalue weighted by Crippen LogP contribution is -2.39. The molecule has 2 rings (SSSR count). The van der Waals surface area contributed by atoms with Gasteiger partial charge in [0.2, 0.25) is 5.91 Å². The van der Waals surface area contributed by atoms with E-state index in [0.29, 0.717) is 23.2 Å². The molecule has 1 aliphatic heterocycles. The second-order valence-corrected chi connectivity index (χ2v) is 5.71. The highest BCUT2D eigenvalue weighted by atomic mass is 16.1. The Labute approximate surface area is 86.5 Å². The molecular weight excluding hydrogens is 174 g/mol. The van der Waals surface area contributed by atoms with Gasteiger partial charge in [0.15, 0.2) is 0 Å². The van der Waals surface area contributed by atoms with Gasteiger partial charge in [-0.25, -0.2) is 0 Å². The number of piperidine rings is 1. The first-order valence-corrected chi connectivity index (χ1v) is 5.86. The molecule has 0 aromatic carbocycles. The van der Waals surface area contributed by atoms with Crippen molar-refractivity contribution in [2.75, 3.05) is 6.54 Å². The van der Waals surface area contributed by atoms with Gasteiger partial charge in [0.05, 0.1) is 0 Å². The molecule has 2 fully saturated rings. The fourth-order valence-electron chi connectivity index (χ4n) is 3.08. The van der Waals surface area contributed by atoms with Crippen LogP contribution in [0.15, 0.2) is 0 Å². The molecule has 0 aromatic heterocycles. The number of rotatable bonds is 1. The molecule has 1 heterocycles. The highest BCUT2D eigenvalue weighted by molar-refractivity contribution is 5.79. The van der Waals surface area contributed by atoms with E-state index in [9.17, 15) is 4.79 Å². The highest BCUT2D eigenvalue weighted by Crippen LogP contribution is 2.45. The summed E-state index contributed by atoms with van der Waals surface area (Å²) in [5.41, 5.74) is 0.475. The van der Waals surface area contributed by atoms with Gasteiger partial charge in [-0.2, -0.15) is 0 Å². The van der Waals surface area contributed by atoms with Gasteiger partial charge in [-0.15, -0.1) is 0 Å². The summed E-state index contributed by atoms with van der Waals surface area (Å²) in [6.45, 7) is 5.55. The van der Waals surface area contributed by atoms with Crippen molar-refractivity contribution in [1.82, 2.24) is 5.32 Å². The second-order valence-electron chi connectivity index (χ2n) is 5.71. The smallest absolute Gasteiger partial charge is 0.223 e. The van der Waals surface area contributed by atoms with E-state index in [1.807, 2.05) is 0 Å². The van der Waals surface area contributed by atoms with Gasteiger partial charge in [0.1, 0.15) is 0 Å². The van der Waals surface area contributed by atoms with Gasteiger partial charge in [-0.3, -0.25) is 4.79 Å². The van der Waals surface area contributed by atoms with Gasteiger partial charge in [-0.05, 0) is 43.4 Å². The summed E-state index contributed by atoms with van der Waals surface area (Å²) < 4.78 is 0. The first-order chi connectivity index (χ1) is 6.58. The Bertz CT molecular complexity index is 234. The van der Waals surface area contributed by atoms with Crippen molar-refractivity contribution in [3.8, 4) is 0 Å². The molecule has 2 aliphatic rings. The zero-order chi connectivity index (χ0) is 10.2. The van der Waals surface area contributed by atoms with E-state index < -0.39 is 0 Å². The number of hydrogen-bond donors (Lipinski definition) is 1. The van der Waals surface area contributed by atoms with Crippen molar-refractivity contribution < 1.29 is 4.79 Å². The van der Waals surface area contributed by atoms with Crippen LogP contribution in [0.25, 0.3) is 0 Å². The van der Waals surface area contributed by atoms with Crippen LogP contribution in [0.4, 0.5) is 0 Å². The van der Waals surface area contributed by atoms with E-state index in [1.165, 1.54) is 25.7 Å². The van der Waals surface area contributed by atoms with Crippen molar-refractivity contribution >= 4 is 5.91 Å². The molecule has 1 saturated carbocycles. The summed E-state index contributed by atoms with van der Waals surface area (Å²) in [7, 11) is 0. The van der Waals surface area contributed by atoms with E-state index in [4.69, 9.17) is 0 Å². The average Bonchev–Trinajstić information content (AvgIpc) is 2.47. The van der Waals surface area contributed by atoms with Crippen molar-refractivity contribution in [1.29, 1.82) is 0 Å². The lowest BCUT2D eigenvalue weighted by Gasteiger charge is -2.27. The SMILES string of the molecule is CC1(C)CCC([C@H]2CCCNC2=O)C1. The monoisotopic (exact) mass is 195 g/mol. The first kappa shape index (κ1) is 10.0. The lowest BCUT2D eigenvalue weighted by molar-refractivity contribution is -0.128. The summed E-state index contributed by atoms with van der Waals surface area (Å²) in [4.78, 5) is 11.7. The zero-order valence-electron chi connectivity index (χ0n) is 9.31. The van der Waals surface area contributed by atoms with Crippen LogP contribution < -0.4 is 5.32 Å². The van der Waals surface area contributed by atoms with E-state index in [-0.39, 0.29) is 0 Å². The predicted molar refractivity (Wildman–Crippen MR) is 56.9 cm³/mol. The highest BCUT2D eigenvalue weighted by Gasteiger charge is 2.38. The maximum Gasteiger partial charge on any atom is 0.223 e. The van der Waals surface area contributed by atoms with Crippen molar-refractivity contribution in [2.45, 2.75) is 46.0 Å². The molecule has 1 aliphatic carbocycles. The molecule has 1 N–H and O–H groups in total. The Kier molecular flexibility index (Phi) is 2.54. The molecule has 0 spiro atoms. The standard InChI is InChI=1S/C12H21NO/c1-12(2)6-5-9(8-12)10-4-3-7-13-11(10)14/h9-10H,3-8H2,1-2H3,(H,13,14)/t9?,10-/m1/s1. The molecule has 1 unspecified atom stereocenters. The Morgan fingerprint density at radius 3 is 2.71 bits per heavy atom. The lowest BCUT2D eigenvalue weighted by atomic mass is 9.82. The van der Waals surface area contributed by atoms with Crippen LogP contribution in [0.5, 0.6) is 0 Å². The summed E-state index contributed by atoms with van der Waals surface area (Å²) >= 11 is 0. The minimum atomic E-state index is 0.318. The van der Waals surface area contributed by atoms with Crippen molar-refractivity contribution in [3.05, 3.63) is 0 Å². The van der Waals surface area contributed by atoms with Crippen LogP contribution in [0.3, 0.4) is 0 Å². The number of hydrogen-bond acceptors (Lipinski definition) is 1. The van der Waals surface area contributed by atoms with Crippen LogP contribution in [-0.2, 0) is 4.79 Å². The van der Waals surface area contributed by atoms with Gasteiger partial charge < -0.3 is 5.32 Å². The van der Waals surface area contributed by atoms with E-state index >= 15 is 0 Å². The molecule has 0 radical (unpaired) electrons. The Balaban J connectivity index is 1.98. The molecule has 2 heteroatoms. The maximum absolute atomic E-state index is 11.7. The van der Waals surface area contributed by atoms with Gasteiger partial charge in [0, 0.05) is 12.5 Å². The Hall–Kier alpha value is -0.530. The number of amides is 1. The fourth-order valence-corrected chi connectivity index (χ4v) is 3.08. The van der Waals surface area contributed by atoms with Crippen LogP contribution >= 0.6 is 0 Å². The predicted octanol–water partition coefficient (Wildman–Crippen LogP) is 2.34. The quantitative estimate of drug-likeness (QED) is 0.683. The summed E-state index contributed by atoms with van der Waals surface area (Å²) in [5.74, 6) is 1.30. The normalized spacial score (nSPS) is 36.9. The summed E-state index contributed by atoms with van der Waals surface area (Å²) in [5, 5.41) is 3.00. The topological polar surface area (TPSA) is 29.1 Å². The van der Waals surface area contributed by atoms with Gasteiger partial charge >= 0.3 is 0 Å². The largest absolute Gasteiger partial charge is 0.356 e. The fraction of sp³-hybridized carbons (Fsp3) is 0.917. The third-order valence-electron chi connectivity index (χ3n) is 3.90. The first-order valence-electron chi connectivity index (χ1n) is 5.86. The Morgan fingerprint density at radius 1 is 1.36 bits per heavy atom. The summed E-state index contributed by atoms with van der Waals surface area (Å²) in [6.07, 6.45) is 6.08. The third kappa shape index (κ3) is 1.94. The minimum Gasteiger partial charge on any atom is -0.356 e. The molecule has 2 atom stereocenters. The number of nitrogens with one attached hydrogen (secondary N) is 1. The van der Waals surface area contributed by atoms with E-state index in [2.05, 4.69) is 19.2 Å². The minimum absolute atomic E-state index is 0.318. The van der Waals surface area contributed by atoms with E-state index in [1.54, 1.807) is 0 Å². The van der Waals surface area contributed by atoms with Gasteiger partial charge in [0.25, 0.3) is 0 Å². The van der Waals surface area contributed by atoms with Crippen molar-refractivity contribution in [3.63, 3.8) is 0 Å². The molecular formula is C12H21NO. The molecule has 0 aromatic rings. The zero-order valence-corrected chi connectivity index (χ0v) is 9.31. The molecule has 80 valence electrons. The number of carbonyl (C=O) groups excluding carboxylic acids is 1. The summed E-state index contributed by atoms with van der Waals surface area (Å²) in [6, 6.07) is 0. The third-order valence-corrected chi connectivity index (χ3v) is 3.90. The van der Waals surface area contributed by atoms with E-state index in [0.717, 1.165) is 13.0 Å². The van der Waals surface area contributed by atoms with Crippen LogP contribution in [0.1, 0.15) is 46.0 Å². The van der Waals surface area contributed by atoms with Crippen molar-refractivity contribution in [2.24, 2.45) is 17.3 Å². The molecule has 1 amide bonds. The number of carbonyl (C=O) groups is 1. The van der Waals surface area contributed by atoms with Crippen LogP contribution in [-0.4, -0.2) is 12.5 Å². The van der Waals surface area contributed by atoms with Gasteiger partial charge in [-0.1, -0.05) is 13.8 Å². The van der Waals surface area contributed by atoms with Crippen LogP contribution in [0.2, 0.25) is 0 Å². The Morgan fingerprint density at radius 2 is 2.14 bits per heavy atom. The molecule has 2 nitrogen and oxygen atoms in total. The average molecular weight is 195 g/mol. The molecule has 0 bridgehead atoms. The second kappa shape index (κ2) is 3.56. The van der Waals surface area contributed by atoms with Crippen LogP contribution in [0, 0.1) is 17.3 Å². The maximum atomic E-state index is 11.7. The molecule has 14 heavy (non-hydrogen) atoms.